The minimum atomic E-state index is 0.936. The summed E-state index contributed by atoms with van der Waals surface area (Å²) in [6, 6.07) is 57.1. The van der Waals surface area contributed by atoms with Crippen LogP contribution < -0.4 is 0 Å². The van der Waals surface area contributed by atoms with Crippen molar-refractivity contribution >= 4 is 75.8 Å². The quantitative estimate of drug-likeness (QED) is 0.188. The molecule has 1 heteroatoms. The molecule has 1 aromatic heterocycles. The first kappa shape index (κ1) is 24.5. The predicted molar refractivity (Wildman–Crippen MR) is 192 cm³/mol. The highest BCUT2D eigenvalue weighted by Gasteiger charge is 2.18. The molecule has 0 aliphatic carbocycles. The van der Waals surface area contributed by atoms with Crippen molar-refractivity contribution in [3.63, 3.8) is 0 Å². The Hall–Kier alpha value is -5.92. The molecule has 0 aliphatic heterocycles. The van der Waals surface area contributed by atoms with E-state index < -0.39 is 0 Å². The third kappa shape index (κ3) is 3.50. The molecule has 10 aromatic rings. The van der Waals surface area contributed by atoms with E-state index in [0.29, 0.717) is 0 Å². The molecule has 0 bridgehead atoms. The van der Waals surface area contributed by atoms with E-state index in [1.807, 2.05) is 0 Å². The molecule has 0 atom stereocenters. The van der Waals surface area contributed by atoms with Crippen molar-refractivity contribution < 1.29 is 4.42 Å². The molecule has 1 nitrogen and oxygen atoms in total. The number of para-hydroxylation sites is 1. The van der Waals surface area contributed by atoms with Gasteiger partial charge in [-0.2, -0.15) is 0 Å². The maximum atomic E-state index is 6.80. The molecule has 0 N–H and O–H groups in total. The van der Waals surface area contributed by atoms with Gasteiger partial charge in [0, 0.05) is 21.7 Å². The molecule has 1 heterocycles. The molecule has 0 saturated heterocycles. The van der Waals surface area contributed by atoms with Gasteiger partial charge in [-0.25, -0.2) is 0 Å². The van der Waals surface area contributed by atoms with Gasteiger partial charge < -0.3 is 4.42 Å². The Bertz CT molecular complexity index is 2760. The summed E-state index contributed by atoms with van der Waals surface area (Å²) in [6.45, 7) is 0. The SMILES string of the molecule is c1ccc2c(c1)c1ccccc1c1cc(-c3ccc(-c4cccc5c4oc4c6ccccc6c6ccccc6c54)cc3)ccc21. The van der Waals surface area contributed by atoms with Gasteiger partial charge in [-0.1, -0.05) is 152 Å². The summed E-state index contributed by atoms with van der Waals surface area (Å²) < 4.78 is 6.80. The van der Waals surface area contributed by atoms with Gasteiger partial charge in [0.15, 0.2) is 0 Å². The highest BCUT2D eigenvalue weighted by Crippen LogP contribution is 2.44. The lowest BCUT2D eigenvalue weighted by molar-refractivity contribution is 0.674. The molecule has 0 fully saturated rings. The minimum absolute atomic E-state index is 0.936. The van der Waals surface area contributed by atoms with Crippen LogP contribution in [0.3, 0.4) is 0 Å². The van der Waals surface area contributed by atoms with Gasteiger partial charge in [0.25, 0.3) is 0 Å². The van der Waals surface area contributed by atoms with Crippen molar-refractivity contribution in [2.75, 3.05) is 0 Å². The maximum Gasteiger partial charge on any atom is 0.143 e. The first-order valence-corrected chi connectivity index (χ1v) is 15.5. The van der Waals surface area contributed by atoms with Crippen LogP contribution in [0.25, 0.3) is 98.1 Å². The van der Waals surface area contributed by atoms with Crippen LogP contribution in [0.15, 0.2) is 162 Å². The summed E-state index contributed by atoms with van der Waals surface area (Å²) in [6.07, 6.45) is 0. The van der Waals surface area contributed by atoms with E-state index >= 15 is 0 Å². The fourth-order valence-corrected chi connectivity index (χ4v) is 7.59. The van der Waals surface area contributed by atoms with Crippen molar-refractivity contribution in [1.82, 2.24) is 0 Å². The molecule has 0 radical (unpaired) electrons. The number of furan rings is 1. The Labute approximate surface area is 259 Å². The molecular weight excluding hydrogens is 544 g/mol. The van der Waals surface area contributed by atoms with E-state index in [4.69, 9.17) is 4.42 Å². The minimum Gasteiger partial charge on any atom is -0.455 e. The largest absolute Gasteiger partial charge is 0.455 e. The van der Waals surface area contributed by atoms with Crippen molar-refractivity contribution in [3.05, 3.63) is 158 Å². The van der Waals surface area contributed by atoms with Crippen LogP contribution in [0.1, 0.15) is 0 Å². The molecule has 10 rings (SSSR count). The molecule has 0 spiro atoms. The number of hydrogen-bond acceptors (Lipinski definition) is 1. The lowest BCUT2D eigenvalue weighted by Crippen LogP contribution is -1.85. The van der Waals surface area contributed by atoms with Crippen LogP contribution in [-0.4, -0.2) is 0 Å². The van der Waals surface area contributed by atoms with Gasteiger partial charge in [-0.3, -0.25) is 0 Å². The van der Waals surface area contributed by atoms with E-state index in [-0.39, 0.29) is 0 Å². The third-order valence-electron chi connectivity index (χ3n) is 9.65. The molecule has 0 amide bonds. The van der Waals surface area contributed by atoms with Crippen LogP contribution in [-0.2, 0) is 0 Å². The van der Waals surface area contributed by atoms with E-state index in [0.717, 1.165) is 33.1 Å². The fraction of sp³-hybridized carbons (Fsp3) is 0. The maximum absolute atomic E-state index is 6.80. The summed E-state index contributed by atoms with van der Waals surface area (Å²) in [5.41, 5.74) is 6.57. The lowest BCUT2D eigenvalue weighted by atomic mass is 9.91. The normalized spacial score (nSPS) is 12.0. The second-order valence-electron chi connectivity index (χ2n) is 12.0. The summed E-state index contributed by atoms with van der Waals surface area (Å²) in [4.78, 5) is 0. The van der Waals surface area contributed by atoms with Gasteiger partial charge >= 0.3 is 0 Å². The Morgan fingerprint density at radius 2 is 0.711 bits per heavy atom. The summed E-state index contributed by atoms with van der Waals surface area (Å²) in [7, 11) is 0. The predicted octanol–water partition coefficient (Wildman–Crippen LogP) is 12.7. The smallest absolute Gasteiger partial charge is 0.143 e. The second kappa shape index (κ2) is 9.29. The van der Waals surface area contributed by atoms with Crippen LogP contribution >= 0.6 is 0 Å². The Kier molecular flexibility index (Phi) is 5.06. The van der Waals surface area contributed by atoms with Gasteiger partial charge in [-0.15, -0.1) is 0 Å². The van der Waals surface area contributed by atoms with E-state index in [1.165, 1.54) is 65.0 Å². The van der Waals surface area contributed by atoms with E-state index in [9.17, 15) is 0 Å². The van der Waals surface area contributed by atoms with Crippen molar-refractivity contribution in [2.24, 2.45) is 0 Å². The number of hydrogen-bond donors (Lipinski definition) is 0. The topological polar surface area (TPSA) is 13.1 Å². The van der Waals surface area contributed by atoms with Crippen LogP contribution in [0.2, 0.25) is 0 Å². The fourth-order valence-electron chi connectivity index (χ4n) is 7.59. The lowest BCUT2D eigenvalue weighted by Gasteiger charge is -2.12. The number of benzene rings is 9. The first-order chi connectivity index (χ1) is 22.3. The Balaban J connectivity index is 1.14. The number of fused-ring (bicyclic) bond motifs is 14. The molecule has 208 valence electrons. The van der Waals surface area contributed by atoms with Gasteiger partial charge in [0.05, 0.1) is 0 Å². The van der Waals surface area contributed by atoms with Crippen molar-refractivity contribution in [1.29, 1.82) is 0 Å². The van der Waals surface area contributed by atoms with Crippen LogP contribution in [0.5, 0.6) is 0 Å². The van der Waals surface area contributed by atoms with Crippen molar-refractivity contribution in [2.45, 2.75) is 0 Å². The zero-order valence-corrected chi connectivity index (χ0v) is 24.4. The summed E-state index contributed by atoms with van der Waals surface area (Å²) in [5.74, 6) is 0. The molecule has 9 aromatic carbocycles. The zero-order valence-electron chi connectivity index (χ0n) is 24.4. The molecule has 0 unspecified atom stereocenters. The third-order valence-corrected chi connectivity index (χ3v) is 9.65. The standard InChI is InChI=1S/C44H26O/c1-2-12-33-31(10-1)32-11-3-4-15-36(32)41-26-29(24-25-37(33)41)27-20-22-28(23-21-27)30-18-9-19-40-42-38-16-7-5-13-34(38)35-14-6-8-17-39(35)44(42)45-43(30)40/h1-26H. The molecular formula is C44H26O. The van der Waals surface area contributed by atoms with Crippen LogP contribution in [0, 0.1) is 0 Å². The Morgan fingerprint density at radius 3 is 1.36 bits per heavy atom. The zero-order chi connectivity index (χ0) is 29.5. The highest BCUT2D eigenvalue weighted by molar-refractivity contribution is 6.31. The summed E-state index contributed by atoms with van der Waals surface area (Å²) >= 11 is 0. The summed E-state index contributed by atoms with van der Waals surface area (Å²) in [5, 5.41) is 15.0. The monoisotopic (exact) mass is 570 g/mol. The van der Waals surface area contributed by atoms with Gasteiger partial charge in [0.2, 0.25) is 0 Å². The van der Waals surface area contributed by atoms with Crippen molar-refractivity contribution in [3.8, 4) is 22.3 Å². The average Bonchev–Trinajstić information content (AvgIpc) is 3.52. The number of rotatable bonds is 2. The van der Waals surface area contributed by atoms with Crippen LogP contribution in [0.4, 0.5) is 0 Å². The van der Waals surface area contributed by atoms with Gasteiger partial charge in [-0.05, 0) is 71.2 Å². The van der Waals surface area contributed by atoms with E-state index in [1.54, 1.807) is 0 Å². The first-order valence-electron chi connectivity index (χ1n) is 15.5. The van der Waals surface area contributed by atoms with E-state index in [2.05, 4.69) is 158 Å². The Morgan fingerprint density at radius 1 is 0.267 bits per heavy atom. The second-order valence-corrected chi connectivity index (χ2v) is 12.0. The molecule has 0 saturated carbocycles. The molecule has 45 heavy (non-hydrogen) atoms. The highest BCUT2D eigenvalue weighted by atomic mass is 16.3. The molecule has 0 aliphatic rings. The average molecular weight is 571 g/mol. The van der Waals surface area contributed by atoms with Gasteiger partial charge in [0.1, 0.15) is 11.2 Å².